The van der Waals surface area contributed by atoms with Gasteiger partial charge in [0, 0.05) is 10.0 Å². The standard InChI is InChI=1S/C19H19BrN2O3/c1-4-9-25-17-8-6-16(20)11-15(17)13-22-21-12-14-5-7-18(23-2)19(10-14)24-3/h1,5-8,10-11,13,21H,9,12H2,2-3H3/b22-13-. The fraction of sp³-hybridized carbons (Fsp3) is 0.211. The van der Waals surface area contributed by atoms with Crippen LogP contribution in [0.4, 0.5) is 0 Å². The molecule has 1 N–H and O–H groups in total. The average Bonchev–Trinajstić information content (AvgIpc) is 2.64. The first-order valence-electron chi connectivity index (χ1n) is 7.50. The highest BCUT2D eigenvalue weighted by Gasteiger charge is 2.04. The van der Waals surface area contributed by atoms with E-state index in [1.807, 2.05) is 36.4 Å². The number of nitrogens with zero attached hydrogens (tertiary/aromatic N) is 1. The fourth-order valence-electron chi connectivity index (χ4n) is 2.11. The first-order valence-corrected chi connectivity index (χ1v) is 8.30. The zero-order chi connectivity index (χ0) is 18.1. The van der Waals surface area contributed by atoms with Gasteiger partial charge in [-0.15, -0.1) is 6.42 Å². The molecule has 0 fully saturated rings. The van der Waals surface area contributed by atoms with Crippen molar-refractivity contribution in [1.82, 2.24) is 5.43 Å². The molecule has 0 aliphatic heterocycles. The van der Waals surface area contributed by atoms with Crippen molar-refractivity contribution < 1.29 is 14.2 Å². The molecule has 0 unspecified atom stereocenters. The second-order valence-electron chi connectivity index (χ2n) is 4.96. The molecule has 0 heterocycles. The maximum Gasteiger partial charge on any atom is 0.161 e. The zero-order valence-corrected chi connectivity index (χ0v) is 15.7. The van der Waals surface area contributed by atoms with E-state index in [4.69, 9.17) is 20.6 Å². The minimum Gasteiger partial charge on any atom is -0.493 e. The van der Waals surface area contributed by atoms with Crippen LogP contribution in [0, 0.1) is 12.3 Å². The quantitative estimate of drug-likeness (QED) is 0.416. The van der Waals surface area contributed by atoms with Gasteiger partial charge >= 0.3 is 0 Å². The highest BCUT2D eigenvalue weighted by molar-refractivity contribution is 9.10. The maximum atomic E-state index is 5.51. The number of hydrazone groups is 1. The van der Waals surface area contributed by atoms with Crippen molar-refractivity contribution in [2.45, 2.75) is 6.54 Å². The molecule has 0 spiro atoms. The van der Waals surface area contributed by atoms with E-state index in [0.717, 1.165) is 15.6 Å². The number of halogens is 1. The molecule has 0 saturated heterocycles. The van der Waals surface area contributed by atoms with Gasteiger partial charge in [-0.05, 0) is 35.9 Å². The molecule has 5 nitrogen and oxygen atoms in total. The number of hydrogen-bond donors (Lipinski definition) is 1. The van der Waals surface area contributed by atoms with E-state index in [2.05, 4.69) is 32.4 Å². The van der Waals surface area contributed by atoms with Gasteiger partial charge in [0.1, 0.15) is 12.4 Å². The number of nitrogens with one attached hydrogen (secondary N) is 1. The Morgan fingerprint density at radius 1 is 1.12 bits per heavy atom. The molecule has 0 aromatic heterocycles. The number of hydrogen-bond acceptors (Lipinski definition) is 5. The molecular formula is C19H19BrN2O3. The number of ether oxygens (including phenoxy) is 3. The van der Waals surface area contributed by atoms with Crippen molar-refractivity contribution in [2.24, 2.45) is 5.10 Å². The Labute approximate surface area is 156 Å². The molecule has 0 atom stereocenters. The predicted molar refractivity (Wildman–Crippen MR) is 102 cm³/mol. The molecule has 2 aromatic rings. The van der Waals surface area contributed by atoms with Crippen LogP contribution in [0.2, 0.25) is 0 Å². The molecule has 2 rings (SSSR count). The third-order valence-corrected chi connectivity index (χ3v) is 3.80. The van der Waals surface area contributed by atoms with E-state index in [1.54, 1.807) is 20.4 Å². The fourth-order valence-corrected chi connectivity index (χ4v) is 2.49. The number of benzene rings is 2. The molecule has 0 saturated carbocycles. The summed E-state index contributed by atoms with van der Waals surface area (Å²) in [5.74, 6) is 4.51. The van der Waals surface area contributed by atoms with E-state index in [-0.39, 0.29) is 6.61 Å². The zero-order valence-electron chi connectivity index (χ0n) is 14.1. The van der Waals surface area contributed by atoms with Crippen molar-refractivity contribution in [3.8, 4) is 29.6 Å². The molecule has 0 aliphatic rings. The first kappa shape index (κ1) is 18.7. The van der Waals surface area contributed by atoms with E-state index >= 15 is 0 Å². The summed E-state index contributed by atoms with van der Waals surface area (Å²) < 4.78 is 17.0. The molecule has 2 aromatic carbocycles. The van der Waals surface area contributed by atoms with Crippen molar-refractivity contribution >= 4 is 22.1 Å². The van der Waals surface area contributed by atoms with E-state index in [0.29, 0.717) is 23.8 Å². The minimum atomic E-state index is 0.210. The van der Waals surface area contributed by atoms with Crippen LogP contribution in [0.3, 0.4) is 0 Å². The van der Waals surface area contributed by atoms with E-state index < -0.39 is 0 Å². The molecule has 25 heavy (non-hydrogen) atoms. The summed E-state index contributed by atoms with van der Waals surface area (Å²) in [6.07, 6.45) is 6.93. The van der Waals surface area contributed by atoms with Crippen LogP contribution >= 0.6 is 15.9 Å². The topological polar surface area (TPSA) is 52.1 Å². The summed E-state index contributed by atoms with van der Waals surface area (Å²) in [7, 11) is 3.22. The highest BCUT2D eigenvalue weighted by atomic mass is 79.9. The van der Waals surface area contributed by atoms with Crippen LogP contribution in [0.25, 0.3) is 0 Å². The number of methoxy groups -OCH3 is 2. The normalized spacial score (nSPS) is 10.3. The smallest absolute Gasteiger partial charge is 0.161 e. The van der Waals surface area contributed by atoms with Gasteiger partial charge < -0.3 is 19.6 Å². The summed E-state index contributed by atoms with van der Waals surface area (Å²) in [6.45, 7) is 0.757. The lowest BCUT2D eigenvalue weighted by molar-refractivity contribution is 0.354. The predicted octanol–water partition coefficient (Wildman–Crippen LogP) is 3.60. The second-order valence-corrected chi connectivity index (χ2v) is 5.87. The first-order chi connectivity index (χ1) is 12.2. The van der Waals surface area contributed by atoms with Crippen LogP contribution in [0.5, 0.6) is 17.2 Å². The van der Waals surface area contributed by atoms with Gasteiger partial charge in [-0.1, -0.05) is 27.9 Å². The van der Waals surface area contributed by atoms with Gasteiger partial charge in [-0.2, -0.15) is 5.10 Å². The minimum absolute atomic E-state index is 0.210. The second kappa shape index (κ2) is 9.60. The maximum absolute atomic E-state index is 5.51. The summed E-state index contributed by atoms with van der Waals surface area (Å²) in [4.78, 5) is 0. The molecular weight excluding hydrogens is 384 g/mol. The summed E-state index contributed by atoms with van der Waals surface area (Å²) in [5, 5.41) is 4.25. The van der Waals surface area contributed by atoms with Crippen LogP contribution < -0.4 is 19.6 Å². The Bertz CT molecular complexity index is 785. The Hall–Kier alpha value is -2.65. The summed E-state index contributed by atoms with van der Waals surface area (Å²) in [6, 6.07) is 11.4. The largest absolute Gasteiger partial charge is 0.493 e. The van der Waals surface area contributed by atoms with E-state index in [9.17, 15) is 0 Å². The third-order valence-electron chi connectivity index (χ3n) is 3.31. The van der Waals surface area contributed by atoms with Crippen LogP contribution in [-0.4, -0.2) is 27.0 Å². The van der Waals surface area contributed by atoms with Gasteiger partial charge in [0.2, 0.25) is 0 Å². The molecule has 0 amide bonds. The summed E-state index contributed by atoms with van der Waals surface area (Å²) >= 11 is 3.44. The van der Waals surface area contributed by atoms with Gasteiger partial charge in [0.15, 0.2) is 11.5 Å². The lowest BCUT2D eigenvalue weighted by Gasteiger charge is -2.09. The van der Waals surface area contributed by atoms with Gasteiger partial charge in [0.05, 0.1) is 27.0 Å². The average molecular weight is 403 g/mol. The van der Waals surface area contributed by atoms with Crippen molar-refractivity contribution in [2.75, 3.05) is 20.8 Å². The van der Waals surface area contributed by atoms with Gasteiger partial charge in [-0.3, -0.25) is 0 Å². The lowest BCUT2D eigenvalue weighted by atomic mass is 10.2. The molecule has 0 radical (unpaired) electrons. The lowest BCUT2D eigenvalue weighted by Crippen LogP contribution is -2.06. The van der Waals surface area contributed by atoms with Crippen molar-refractivity contribution in [3.05, 3.63) is 52.0 Å². The molecule has 130 valence electrons. The monoisotopic (exact) mass is 402 g/mol. The third kappa shape index (κ3) is 5.44. The highest BCUT2D eigenvalue weighted by Crippen LogP contribution is 2.27. The number of terminal acetylenes is 1. The molecule has 0 bridgehead atoms. The van der Waals surface area contributed by atoms with Gasteiger partial charge in [-0.25, -0.2) is 0 Å². The van der Waals surface area contributed by atoms with Crippen LogP contribution in [-0.2, 0) is 6.54 Å². The number of rotatable bonds is 8. The van der Waals surface area contributed by atoms with Crippen molar-refractivity contribution in [1.29, 1.82) is 0 Å². The molecule has 6 heteroatoms. The molecule has 0 aliphatic carbocycles. The van der Waals surface area contributed by atoms with Gasteiger partial charge in [0.25, 0.3) is 0 Å². The Balaban J connectivity index is 2.02. The Kier molecular flexibility index (Phi) is 7.17. The van der Waals surface area contributed by atoms with Crippen LogP contribution in [0.1, 0.15) is 11.1 Å². The van der Waals surface area contributed by atoms with E-state index in [1.165, 1.54) is 0 Å². The SMILES string of the molecule is C#CCOc1ccc(Br)cc1/C=N\NCc1ccc(OC)c(OC)c1. The van der Waals surface area contributed by atoms with Crippen LogP contribution in [0.15, 0.2) is 46.0 Å². The summed E-state index contributed by atoms with van der Waals surface area (Å²) in [5.41, 5.74) is 4.85. The Morgan fingerprint density at radius 3 is 2.60 bits per heavy atom. The van der Waals surface area contributed by atoms with Crippen molar-refractivity contribution in [3.63, 3.8) is 0 Å². The Morgan fingerprint density at radius 2 is 1.88 bits per heavy atom.